The van der Waals surface area contributed by atoms with Gasteiger partial charge in [0.05, 0.1) is 32.1 Å². The summed E-state index contributed by atoms with van der Waals surface area (Å²) in [5.74, 6) is 0.102. The van der Waals surface area contributed by atoms with Gasteiger partial charge in [0.25, 0.3) is 5.91 Å². The number of carbonyl (C=O) groups is 2. The quantitative estimate of drug-likeness (QED) is 0.608. The Morgan fingerprint density at radius 1 is 1.27 bits per heavy atom. The number of aryl methyl sites for hydroxylation is 1. The number of amides is 2. The van der Waals surface area contributed by atoms with Crippen LogP contribution in [0.1, 0.15) is 18.4 Å². The van der Waals surface area contributed by atoms with Crippen LogP contribution in [0.3, 0.4) is 0 Å². The molecular formula is C20H29N3O6S. The number of ether oxygens (including phenoxy) is 2. The summed E-state index contributed by atoms with van der Waals surface area (Å²) < 4.78 is 36.1. The second-order valence-electron chi connectivity index (χ2n) is 7.54. The van der Waals surface area contributed by atoms with Gasteiger partial charge in [-0.2, -0.15) is 0 Å². The summed E-state index contributed by atoms with van der Waals surface area (Å²) in [7, 11) is -0.581. The predicted molar refractivity (Wildman–Crippen MR) is 111 cm³/mol. The summed E-state index contributed by atoms with van der Waals surface area (Å²) in [4.78, 5) is 27.2. The molecule has 2 heterocycles. The number of sulfonamides is 1. The van der Waals surface area contributed by atoms with Crippen molar-refractivity contribution in [2.75, 3.05) is 46.2 Å². The molecule has 166 valence electrons. The number of benzene rings is 1. The van der Waals surface area contributed by atoms with E-state index < -0.39 is 22.0 Å². The van der Waals surface area contributed by atoms with E-state index >= 15 is 0 Å². The number of hydrogen-bond acceptors (Lipinski definition) is 7. The molecule has 0 unspecified atom stereocenters. The van der Waals surface area contributed by atoms with Crippen molar-refractivity contribution in [2.45, 2.75) is 31.3 Å². The van der Waals surface area contributed by atoms with E-state index in [2.05, 4.69) is 5.32 Å². The minimum Gasteiger partial charge on any atom is -0.496 e. The van der Waals surface area contributed by atoms with Crippen LogP contribution in [0.5, 0.6) is 5.75 Å². The van der Waals surface area contributed by atoms with Crippen LogP contribution in [0, 0.1) is 0 Å². The molecule has 2 aliphatic rings. The number of hydrogen-bond donors (Lipinski definition) is 1. The molecule has 30 heavy (non-hydrogen) atoms. The van der Waals surface area contributed by atoms with Crippen molar-refractivity contribution >= 4 is 21.8 Å². The van der Waals surface area contributed by atoms with Crippen LogP contribution >= 0.6 is 0 Å². The molecule has 3 rings (SSSR count). The van der Waals surface area contributed by atoms with Crippen LogP contribution in [0.15, 0.2) is 24.3 Å². The number of rotatable bonds is 8. The van der Waals surface area contributed by atoms with Crippen molar-refractivity contribution in [1.82, 2.24) is 14.5 Å². The van der Waals surface area contributed by atoms with Crippen LogP contribution in [0.25, 0.3) is 0 Å². The van der Waals surface area contributed by atoms with Gasteiger partial charge in [0.15, 0.2) is 0 Å². The van der Waals surface area contributed by atoms with Gasteiger partial charge in [-0.1, -0.05) is 18.2 Å². The highest BCUT2D eigenvalue weighted by atomic mass is 32.2. The molecule has 0 bridgehead atoms. The molecule has 9 nitrogen and oxygen atoms in total. The normalized spacial score (nSPS) is 23.7. The number of nitrogens with one attached hydrogen (secondary N) is 1. The Kier molecular flexibility index (Phi) is 7.32. The van der Waals surface area contributed by atoms with Gasteiger partial charge in [0, 0.05) is 32.7 Å². The van der Waals surface area contributed by atoms with Crippen molar-refractivity contribution in [1.29, 1.82) is 0 Å². The Hall–Kier alpha value is -2.17. The lowest BCUT2D eigenvalue weighted by Gasteiger charge is -2.23. The number of fused-ring (bicyclic) bond motifs is 1. The Morgan fingerprint density at radius 2 is 2.03 bits per heavy atom. The molecule has 1 aromatic rings. The van der Waals surface area contributed by atoms with E-state index in [0.717, 1.165) is 15.6 Å². The molecular weight excluding hydrogens is 410 g/mol. The minimum absolute atomic E-state index is 0.0118. The molecule has 2 saturated heterocycles. The van der Waals surface area contributed by atoms with Gasteiger partial charge in [-0.25, -0.2) is 12.7 Å². The molecule has 0 radical (unpaired) electrons. The fourth-order valence-electron chi connectivity index (χ4n) is 4.04. The fraction of sp³-hybridized carbons (Fsp3) is 0.600. The molecule has 2 atom stereocenters. The van der Waals surface area contributed by atoms with Crippen molar-refractivity contribution < 1.29 is 27.5 Å². The summed E-state index contributed by atoms with van der Waals surface area (Å²) in [6, 6.07) is 6.85. The molecule has 2 fully saturated rings. The van der Waals surface area contributed by atoms with Gasteiger partial charge in [-0.05, 0) is 24.5 Å². The van der Waals surface area contributed by atoms with Crippen molar-refractivity contribution in [3.05, 3.63) is 29.8 Å². The highest BCUT2D eigenvalue weighted by Crippen LogP contribution is 2.25. The lowest BCUT2D eigenvalue weighted by molar-refractivity contribution is -0.131. The molecule has 0 spiro atoms. The third kappa shape index (κ3) is 5.11. The van der Waals surface area contributed by atoms with E-state index in [1.54, 1.807) is 7.11 Å². The Bertz CT molecular complexity index is 875. The molecule has 1 N–H and O–H groups in total. The van der Waals surface area contributed by atoms with Gasteiger partial charge in [0.1, 0.15) is 5.75 Å². The third-order valence-corrected chi connectivity index (χ3v) is 7.32. The standard InChI is InChI=1S/C20H29N3O6S/c1-28-11-9-23-20(25)17-13-16(14-22(17)10-12-30(23,26)27)21-19(24)8-7-15-5-3-4-6-18(15)29-2/h3-6,16-17H,7-14H2,1-2H3,(H,21,24)/t16-,17-/m0/s1. The van der Waals surface area contributed by atoms with E-state index in [1.165, 1.54) is 7.11 Å². The monoisotopic (exact) mass is 439 g/mol. The number of para-hydroxylation sites is 1. The highest BCUT2D eigenvalue weighted by Gasteiger charge is 2.45. The van der Waals surface area contributed by atoms with Gasteiger partial charge in [0.2, 0.25) is 15.9 Å². The first-order chi connectivity index (χ1) is 14.4. The van der Waals surface area contributed by atoms with Gasteiger partial charge in [-0.15, -0.1) is 0 Å². The summed E-state index contributed by atoms with van der Waals surface area (Å²) >= 11 is 0. The lowest BCUT2D eigenvalue weighted by Crippen LogP contribution is -2.45. The maximum Gasteiger partial charge on any atom is 0.253 e. The summed E-state index contributed by atoms with van der Waals surface area (Å²) in [6.45, 7) is 0.902. The van der Waals surface area contributed by atoms with Gasteiger partial charge < -0.3 is 14.8 Å². The second kappa shape index (κ2) is 9.76. The SMILES string of the molecule is COCCN1C(=O)[C@@H]2C[C@H](NC(=O)CCc3ccccc3OC)CN2CCS1(=O)=O. The Labute approximate surface area is 177 Å². The largest absolute Gasteiger partial charge is 0.496 e. The zero-order valence-electron chi connectivity index (χ0n) is 17.4. The molecule has 0 aliphatic carbocycles. The van der Waals surface area contributed by atoms with E-state index in [9.17, 15) is 18.0 Å². The summed E-state index contributed by atoms with van der Waals surface area (Å²) in [6.07, 6.45) is 1.26. The van der Waals surface area contributed by atoms with Crippen LogP contribution in [-0.4, -0.2) is 87.7 Å². The third-order valence-electron chi connectivity index (χ3n) is 5.58. The van der Waals surface area contributed by atoms with Crippen LogP contribution in [0.2, 0.25) is 0 Å². The Balaban J connectivity index is 1.58. The number of methoxy groups -OCH3 is 2. The zero-order valence-corrected chi connectivity index (χ0v) is 18.2. The molecule has 0 aromatic heterocycles. The maximum atomic E-state index is 12.9. The van der Waals surface area contributed by atoms with E-state index in [4.69, 9.17) is 9.47 Å². The Morgan fingerprint density at radius 3 is 2.77 bits per heavy atom. The van der Waals surface area contributed by atoms with Crippen molar-refractivity contribution in [3.8, 4) is 5.75 Å². The number of carbonyl (C=O) groups excluding carboxylic acids is 2. The first-order valence-electron chi connectivity index (χ1n) is 10.0. The average Bonchev–Trinajstić information content (AvgIpc) is 3.10. The first-order valence-corrected chi connectivity index (χ1v) is 11.6. The van der Waals surface area contributed by atoms with Crippen LogP contribution in [-0.2, 0) is 30.8 Å². The highest BCUT2D eigenvalue weighted by molar-refractivity contribution is 7.89. The van der Waals surface area contributed by atoms with Crippen LogP contribution in [0.4, 0.5) is 0 Å². The molecule has 2 aliphatic heterocycles. The van der Waals surface area contributed by atoms with Crippen molar-refractivity contribution in [2.24, 2.45) is 0 Å². The average molecular weight is 440 g/mol. The molecule has 0 saturated carbocycles. The zero-order chi connectivity index (χ0) is 21.7. The topological polar surface area (TPSA) is 105 Å². The minimum atomic E-state index is -3.65. The van der Waals surface area contributed by atoms with Crippen molar-refractivity contribution in [3.63, 3.8) is 0 Å². The maximum absolute atomic E-state index is 12.9. The first kappa shape index (κ1) is 22.5. The van der Waals surface area contributed by atoms with E-state index in [0.29, 0.717) is 25.8 Å². The smallest absolute Gasteiger partial charge is 0.253 e. The van der Waals surface area contributed by atoms with E-state index in [1.807, 2.05) is 29.2 Å². The van der Waals surface area contributed by atoms with Gasteiger partial charge in [-0.3, -0.25) is 14.5 Å². The van der Waals surface area contributed by atoms with E-state index in [-0.39, 0.29) is 37.4 Å². The molecule has 1 aromatic carbocycles. The van der Waals surface area contributed by atoms with Crippen LogP contribution < -0.4 is 10.1 Å². The second-order valence-corrected chi connectivity index (χ2v) is 9.55. The summed E-state index contributed by atoms with van der Waals surface area (Å²) in [5, 5.41) is 3.00. The lowest BCUT2D eigenvalue weighted by atomic mass is 10.1. The molecule has 10 heteroatoms. The summed E-state index contributed by atoms with van der Waals surface area (Å²) in [5.41, 5.74) is 0.963. The number of nitrogens with zero attached hydrogens (tertiary/aromatic N) is 2. The fourth-order valence-corrected chi connectivity index (χ4v) is 5.47. The predicted octanol–water partition coefficient (Wildman–Crippen LogP) is 0.00530. The molecule has 2 amide bonds. The van der Waals surface area contributed by atoms with Gasteiger partial charge >= 0.3 is 0 Å².